The first kappa shape index (κ1) is 15.4. The Morgan fingerprint density at radius 1 is 1.50 bits per heavy atom. The van der Waals surface area contributed by atoms with Crippen molar-refractivity contribution in [3.63, 3.8) is 0 Å². The van der Waals surface area contributed by atoms with Crippen molar-refractivity contribution >= 4 is 28.6 Å². The lowest BCUT2D eigenvalue weighted by atomic mass is 10.1. The van der Waals surface area contributed by atoms with Crippen LogP contribution in [0.1, 0.15) is 25.5 Å². The second-order valence-corrected chi connectivity index (χ2v) is 6.24. The van der Waals surface area contributed by atoms with Crippen LogP contribution in [0.15, 0.2) is 11.4 Å². The minimum Gasteiger partial charge on any atom is -0.394 e. The number of hydrogen-bond acceptors (Lipinski definition) is 7. The van der Waals surface area contributed by atoms with Crippen LogP contribution in [-0.4, -0.2) is 49.4 Å². The van der Waals surface area contributed by atoms with Crippen molar-refractivity contribution in [2.24, 2.45) is 5.11 Å². The summed E-state index contributed by atoms with van der Waals surface area (Å²) in [6.07, 6.45) is 3.23. The number of nitrogens with zero attached hydrogens (tertiary/aromatic N) is 7. The molecule has 1 unspecified atom stereocenters. The van der Waals surface area contributed by atoms with E-state index in [2.05, 4.69) is 30.3 Å². The lowest BCUT2D eigenvalue weighted by Crippen LogP contribution is -2.22. The maximum atomic E-state index is 9.40. The number of aliphatic hydroxyl groups is 1. The summed E-state index contributed by atoms with van der Waals surface area (Å²) >= 11 is 6.05. The van der Waals surface area contributed by atoms with Crippen molar-refractivity contribution in [1.82, 2.24) is 19.5 Å². The summed E-state index contributed by atoms with van der Waals surface area (Å²) in [5.74, 6) is 0.606. The van der Waals surface area contributed by atoms with E-state index in [1.807, 2.05) is 0 Å². The van der Waals surface area contributed by atoms with Gasteiger partial charge in [-0.05, 0) is 30.0 Å². The molecule has 0 radical (unpaired) electrons. The third kappa shape index (κ3) is 2.73. The summed E-state index contributed by atoms with van der Waals surface area (Å²) in [5, 5.41) is 16.5. The Bertz CT molecular complexity index is 816. The SMILES string of the molecule is [N-]=[N+]=NC1C[C@H](n2cnc3c(NC4CC4)nc(Cl)nc32)O[C@@H]1CO. The van der Waals surface area contributed by atoms with Crippen LogP contribution in [0.25, 0.3) is 21.6 Å². The molecule has 2 N–H and O–H groups in total. The van der Waals surface area contributed by atoms with Crippen LogP contribution in [-0.2, 0) is 4.74 Å². The van der Waals surface area contributed by atoms with Gasteiger partial charge in [-0.3, -0.25) is 4.57 Å². The van der Waals surface area contributed by atoms with Crippen LogP contribution in [0.3, 0.4) is 0 Å². The molecule has 4 rings (SSSR count). The summed E-state index contributed by atoms with van der Waals surface area (Å²) in [5.41, 5.74) is 9.80. The van der Waals surface area contributed by atoms with Gasteiger partial charge in [0, 0.05) is 17.4 Å². The first-order valence-electron chi connectivity index (χ1n) is 7.66. The quantitative estimate of drug-likeness (QED) is 0.366. The molecule has 1 saturated heterocycles. The van der Waals surface area contributed by atoms with Gasteiger partial charge in [0.25, 0.3) is 0 Å². The van der Waals surface area contributed by atoms with E-state index in [-0.39, 0.29) is 11.9 Å². The van der Waals surface area contributed by atoms with Gasteiger partial charge in [-0.25, -0.2) is 4.98 Å². The Balaban J connectivity index is 1.69. The van der Waals surface area contributed by atoms with Crippen LogP contribution in [0.5, 0.6) is 0 Å². The number of fused-ring (bicyclic) bond motifs is 1. The average Bonchev–Trinajstić information content (AvgIpc) is 3.13. The summed E-state index contributed by atoms with van der Waals surface area (Å²) in [7, 11) is 0. The smallest absolute Gasteiger partial charge is 0.226 e. The zero-order chi connectivity index (χ0) is 16.7. The van der Waals surface area contributed by atoms with Crippen molar-refractivity contribution in [2.75, 3.05) is 11.9 Å². The zero-order valence-corrected chi connectivity index (χ0v) is 13.3. The molecule has 0 bridgehead atoms. The van der Waals surface area contributed by atoms with Gasteiger partial charge in [0.15, 0.2) is 17.0 Å². The van der Waals surface area contributed by atoms with Crippen LogP contribution in [0.2, 0.25) is 5.28 Å². The Morgan fingerprint density at radius 2 is 2.33 bits per heavy atom. The third-order valence-electron chi connectivity index (χ3n) is 4.21. The fraction of sp³-hybridized carbons (Fsp3) is 0.615. The van der Waals surface area contributed by atoms with E-state index < -0.39 is 18.4 Å². The number of azide groups is 1. The summed E-state index contributed by atoms with van der Waals surface area (Å²) in [6.45, 7) is -0.225. The zero-order valence-electron chi connectivity index (χ0n) is 12.6. The molecule has 10 nitrogen and oxygen atoms in total. The molecule has 126 valence electrons. The molecule has 11 heteroatoms. The molecular weight excluding hydrogens is 336 g/mol. The average molecular weight is 351 g/mol. The Labute approximate surface area is 141 Å². The van der Waals surface area contributed by atoms with Crippen molar-refractivity contribution in [1.29, 1.82) is 0 Å². The van der Waals surface area contributed by atoms with Gasteiger partial charge >= 0.3 is 0 Å². The number of anilines is 1. The lowest BCUT2D eigenvalue weighted by molar-refractivity contribution is -0.0232. The van der Waals surface area contributed by atoms with E-state index in [9.17, 15) is 5.11 Å². The molecule has 1 aliphatic carbocycles. The number of imidazole rings is 1. The molecule has 1 aliphatic heterocycles. The van der Waals surface area contributed by atoms with Gasteiger partial charge in [0.2, 0.25) is 5.28 Å². The lowest BCUT2D eigenvalue weighted by Gasteiger charge is -2.14. The van der Waals surface area contributed by atoms with E-state index in [4.69, 9.17) is 21.9 Å². The van der Waals surface area contributed by atoms with Crippen LogP contribution >= 0.6 is 11.6 Å². The largest absolute Gasteiger partial charge is 0.394 e. The highest BCUT2D eigenvalue weighted by Crippen LogP contribution is 2.34. The van der Waals surface area contributed by atoms with E-state index in [1.165, 1.54) is 0 Å². The van der Waals surface area contributed by atoms with Crippen LogP contribution in [0, 0.1) is 0 Å². The van der Waals surface area contributed by atoms with Gasteiger partial charge in [-0.2, -0.15) is 9.97 Å². The highest BCUT2D eigenvalue weighted by molar-refractivity contribution is 6.28. The maximum absolute atomic E-state index is 9.40. The molecular formula is C13H15ClN8O2. The molecule has 2 aliphatic rings. The topological polar surface area (TPSA) is 134 Å². The van der Waals surface area contributed by atoms with E-state index in [1.54, 1.807) is 10.9 Å². The molecule has 1 saturated carbocycles. The molecule has 0 amide bonds. The van der Waals surface area contributed by atoms with Crippen LogP contribution < -0.4 is 5.32 Å². The molecule has 3 atom stereocenters. The molecule has 2 aromatic rings. The first-order valence-corrected chi connectivity index (χ1v) is 8.04. The van der Waals surface area contributed by atoms with Crippen molar-refractivity contribution in [2.45, 2.75) is 43.7 Å². The highest BCUT2D eigenvalue weighted by Gasteiger charge is 2.36. The summed E-state index contributed by atoms with van der Waals surface area (Å²) in [4.78, 5) is 15.7. The van der Waals surface area contributed by atoms with Crippen molar-refractivity contribution < 1.29 is 9.84 Å². The van der Waals surface area contributed by atoms with Gasteiger partial charge in [0.1, 0.15) is 6.23 Å². The van der Waals surface area contributed by atoms with Gasteiger partial charge < -0.3 is 15.2 Å². The predicted molar refractivity (Wildman–Crippen MR) is 85.5 cm³/mol. The predicted octanol–water partition coefficient (Wildman–Crippen LogP) is 2.01. The summed E-state index contributed by atoms with van der Waals surface area (Å²) in [6, 6.07) is -0.0380. The molecule has 24 heavy (non-hydrogen) atoms. The standard InChI is InChI=1S/C13H15ClN8O2/c14-13-18-11(17-6-1-2-6)10-12(19-13)22(5-16-10)9-3-7(20-21-15)8(4-23)24-9/h5-9,23H,1-4H2,(H,17,18,19)/t7?,8-,9-/m1/s1. The molecule has 2 aromatic heterocycles. The van der Waals surface area contributed by atoms with Gasteiger partial charge in [-0.1, -0.05) is 5.11 Å². The second kappa shape index (κ2) is 6.06. The normalized spacial score (nSPS) is 26.5. The third-order valence-corrected chi connectivity index (χ3v) is 4.38. The van der Waals surface area contributed by atoms with Gasteiger partial charge in [-0.15, -0.1) is 0 Å². The minimum absolute atomic E-state index is 0.121. The van der Waals surface area contributed by atoms with E-state index in [0.717, 1.165) is 12.8 Å². The minimum atomic E-state index is -0.551. The molecule has 0 spiro atoms. The number of nitrogens with one attached hydrogen (secondary N) is 1. The number of aromatic nitrogens is 4. The van der Waals surface area contributed by atoms with E-state index >= 15 is 0 Å². The second-order valence-electron chi connectivity index (χ2n) is 5.90. The monoisotopic (exact) mass is 350 g/mol. The summed E-state index contributed by atoms with van der Waals surface area (Å²) < 4.78 is 7.52. The number of hydrogen-bond donors (Lipinski definition) is 2. The van der Waals surface area contributed by atoms with E-state index in [0.29, 0.717) is 29.4 Å². The maximum Gasteiger partial charge on any atom is 0.226 e. The highest BCUT2D eigenvalue weighted by atomic mass is 35.5. The fourth-order valence-electron chi connectivity index (χ4n) is 2.86. The number of halogens is 1. The van der Waals surface area contributed by atoms with Crippen molar-refractivity contribution in [3.05, 3.63) is 22.1 Å². The molecule has 0 aromatic carbocycles. The Morgan fingerprint density at radius 3 is 3.04 bits per heavy atom. The molecule has 3 heterocycles. The number of aliphatic hydroxyl groups excluding tert-OH is 1. The number of rotatable bonds is 5. The Kier molecular flexibility index (Phi) is 3.89. The number of ether oxygens (including phenoxy) is 1. The van der Waals surface area contributed by atoms with Crippen LogP contribution in [0.4, 0.5) is 5.82 Å². The van der Waals surface area contributed by atoms with Gasteiger partial charge in [0.05, 0.1) is 25.1 Å². The molecule has 2 fully saturated rings. The van der Waals surface area contributed by atoms with Crippen molar-refractivity contribution in [3.8, 4) is 0 Å². The first-order chi connectivity index (χ1) is 11.7. The fourth-order valence-corrected chi connectivity index (χ4v) is 3.02. The Hall–Kier alpha value is -2.13.